The van der Waals surface area contributed by atoms with E-state index in [-0.39, 0.29) is 145 Å². The maximum Gasteiger partial charge on any atom is 0.223 e. The van der Waals surface area contributed by atoms with Crippen molar-refractivity contribution >= 4 is 47.0 Å². The summed E-state index contributed by atoms with van der Waals surface area (Å²) in [4.78, 5) is 112. The lowest BCUT2D eigenvalue weighted by molar-refractivity contribution is -0.282. The lowest BCUT2D eigenvalue weighted by atomic mass is 9.90. The van der Waals surface area contributed by atoms with Crippen molar-refractivity contribution < 1.29 is 142 Å². The zero-order valence-corrected chi connectivity index (χ0v) is 71.0. The molecule has 0 bridgehead atoms. The smallest absolute Gasteiger partial charge is 0.223 e. The molecule has 5 rings (SSSR count). The van der Waals surface area contributed by atoms with Crippen LogP contribution in [0.2, 0.25) is 0 Å². The number of nitrogens with zero attached hydrogens (tertiary/aromatic N) is 1. The Labute approximate surface area is 696 Å². The molecule has 35 nitrogen and oxygen atoms in total. The monoisotopic (exact) mass is 1690 g/mol. The normalized spacial score (nSPS) is 30.0. The summed E-state index contributed by atoms with van der Waals surface area (Å²) in [5.41, 5.74) is 0. The predicted molar refractivity (Wildman–Crippen MR) is 427 cm³/mol. The fourth-order valence-electron chi connectivity index (χ4n) is 15.5. The van der Waals surface area contributed by atoms with E-state index in [0.717, 1.165) is 6.42 Å². The van der Waals surface area contributed by atoms with Crippen molar-refractivity contribution in [2.45, 2.75) is 345 Å². The molecule has 17 N–H and O–H groups in total. The summed E-state index contributed by atoms with van der Waals surface area (Å²) < 4.78 is 51.8. The van der Waals surface area contributed by atoms with Gasteiger partial charge in [0.25, 0.3) is 0 Å². The maximum absolute atomic E-state index is 14.8. The number of nitrogens with one attached hydrogen (secondary N) is 5. The van der Waals surface area contributed by atoms with Gasteiger partial charge in [-0.15, -0.1) is 0 Å². The number of unbranched alkanes of at least 4 members (excludes halogenated alkanes) is 9. The Balaban J connectivity index is 1.21. The number of amides is 6. The summed E-state index contributed by atoms with van der Waals surface area (Å²) in [6.45, 7) is 13.4. The molecule has 0 radical (unpaired) electrons. The van der Waals surface area contributed by atoms with E-state index in [1.54, 1.807) is 27.7 Å². The third-order valence-electron chi connectivity index (χ3n) is 23.3. The molecule has 0 aliphatic carbocycles. The van der Waals surface area contributed by atoms with E-state index >= 15 is 0 Å². The quantitative estimate of drug-likeness (QED) is 0.0376. The number of aliphatic hydroxyl groups is 12. The van der Waals surface area contributed by atoms with Crippen LogP contribution >= 0.6 is 0 Å². The number of carbonyl (C=O) groups is 8. The Morgan fingerprint density at radius 1 is 0.398 bits per heavy atom. The van der Waals surface area contributed by atoms with Gasteiger partial charge in [-0.3, -0.25) is 38.4 Å². The van der Waals surface area contributed by atoms with E-state index in [1.165, 1.54) is 0 Å². The van der Waals surface area contributed by atoms with Crippen molar-refractivity contribution in [3.8, 4) is 0 Å². The van der Waals surface area contributed by atoms with Crippen LogP contribution in [0.4, 0.5) is 0 Å². The second-order valence-electron chi connectivity index (χ2n) is 33.5. The van der Waals surface area contributed by atoms with Crippen LogP contribution in [-0.2, 0) is 81.0 Å². The van der Waals surface area contributed by atoms with Gasteiger partial charge in [-0.05, 0) is 135 Å². The van der Waals surface area contributed by atoms with Crippen molar-refractivity contribution in [1.29, 1.82) is 0 Å². The molecule has 684 valence electrons. The van der Waals surface area contributed by atoms with Crippen LogP contribution in [0, 0.1) is 41.4 Å². The summed E-state index contributed by atoms with van der Waals surface area (Å²) in [5, 5.41) is 136. The zero-order valence-electron chi connectivity index (χ0n) is 71.0. The first-order chi connectivity index (χ1) is 56.4. The van der Waals surface area contributed by atoms with Crippen LogP contribution in [-0.4, -0.2) is 322 Å². The lowest BCUT2D eigenvalue weighted by Gasteiger charge is -2.40. The van der Waals surface area contributed by atoms with E-state index < -0.39 is 178 Å². The van der Waals surface area contributed by atoms with Gasteiger partial charge in [0.15, 0.2) is 30.9 Å². The van der Waals surface area contributed by atoms with Gasteiger partial charge in [-0.1, -0.05) is 53.9 Å². The number of ketones is 2. The molecule has 118 heavy (non-hydrogen) atoms. The number of likely N-dealkylation sites (tertiary alicyclic amines) is 1. The fraction of sp³-hybridized carbons (Fsp3) is 0.904. The van der Waals surface area contributed by atoms with Gasteiger partial charge in [-0.25, -0.2) is 0 Å². The van der Waals surface area contributed by atoms with Crippen LogP contribution in [0.15, 0.2) is 0 Å². The van der Waals surface area contributed by atoms with Crippen LogP contribution in [0.1, 0.15) is 228 Å². The molecular weight excluding hydrogens is 1540 g/mol. The minimum absolute atomic E-state index is 0.0114. The van der Waals surface area contributed by atoms with E-state index in [1.807, 2.05) is 18.7 Å². The molecule has 6 amide bonds. The molecule has 0 aromatic rings. The SMILES string of the molecule is CC(C)OC[C@@H]1C[C@@H](C)CN1C(=O)CCCCCNC(=O)C(CCCCNC(=O)C(CCCCNC(=O)CCCCO[C@@H]1OC(CO)[C@H](O)[C@H](O)C1C)CC(=O)CCCCO[C@@H]1OC(CO)[C@H](O)[C@H](O)C1C)CC(=O)C(CCCCNC(=O)CCCCO[C@@H]1OC(CO)[C@H](O)[C@H](O)C1C)NC(=O)CCCCO[C@@H]1OC(CO)[C@H](O)[C@H](O)C1C. The maximum atomic E-state index is 14.8. The van der Waals surface area contributed by atoms with Crippen molar-refractivity contribution in [3.63, 3.8) is 0 Å². The second kappa shape index (κ2) is 57.0. The Hall–Kier alpha value is -4.68. The number of carbonyl (C=O) groups excluding carboxylic acids is 8. The van der Waals surface area contributed by atoms with Gasteiger partial charge < -0.3 is 135 Å². The average Bonchev–Trinajstić information content (AvgIpc) is 1.06. The molecule has 5 aliphatic rings. The zero-order chi connectivity index (χ0) is 86.8. The summed E-state index contributed by atoms with van der Waals surface area (Å²) >= 11 is 0. The van der Waals surface area contributed by atoms with Crippen LogP contribution in [0.5, 0.6) is 0 Å². The number of rotatable bonds is 60. The predicted octanol–water partition coefficient (Wildman–Crippen LogP) is 0.868. The summed E-state index contributed by atoms with van der Waals surface area (Å²) in [6.07, 6.45) is -7.60. The Morgan fingerprint density at radius 3 is 1.14 bits per heavy atom. The third kappa shape index (κ3) is 36.3. The van der Waals surface area contributed by atoms with Gasteiger partial charge >= 0.3 is 0 Å². The number of hydrogen-bond donors (Lipinski definition) is 17. The Morgan fingerprint density at radius 2 is 0.746 bits per heavy atom. The Bertz CT molecular complexity index is 2870. The average molecular weight is 1690 g/mol. The molecule has 0 aromatic carbocycles. The molecule has 0 spiro atoms. The number of Topliss-reactive ketones (excluding diaryl/α,β-unsaturated/α-hetero) is 2. The summed E-state index contributed by atoms with van der Waals surface area (Å²) in [7, 11) is 0. The van der Waals surface area contributed by atoms with E-state index in [0.29, 0.717) is 148 Å². The molecule has 35 heteroatoms. The van der Waals surface area contributed by atoms with Crippen molar-refractivity contribution in [2.75, 3.05) is 92.2 Å². The van der Waals surface area contributed by atoms with E-state index in [4.69, 9.17) is 42.6 Å². The highest BCUT2D eigenvalue weighted by Gasteiger charge is 2.46. The fourth-order valence-corrected chi connectivity index (χ4v) is 15.5. The summed E-state index contributed by atoms with van der Waals surface area (Å²) in [6, 6.07) is -1.02. The molecule has 0 saturated carbocycles. The van der Waals surface area contributed by atoms with Gasteiger partial charge in [0.05, 0.1) is 75.6 Å². The Kier molecular flexibility index (Phi) is 50.1. The molecule has 5 aliphatic heterocycles. The molecule has 25 atom stereocenters. The van der Waals surface area contributed by atoms with Crippen molar-refractivity contribution in [1.82, 2.24) is 31.5 Å². The van der Waals surface area contributed by atoms with Gasteiger partial charge in [0, 0.05) is 140 Å². The molecule has 5 heterocycles. The largest absolute Gasteiger partial charge is 0.394 e. The van der Waals surface area contributed by atoms with Crippen molar-refractivity contribution in [2.24, 2.45) is 41.4 Å². The van der Waals surface area contributed by atoms with Gasteiger partial charge in [0.2, 0.25) is 35.4 Å². The minimum Gasteiger partial charge on any atom is -0.394 e. The molecular formula is C83H148N6O29. The highest BCUT2D eigenvalue weighted by molar-refractivity contribution is 5.92. The first kappa shape index (κ1) is 104. The molecule has 0 aromatic heterocycles. The van der Waals surface area contributed by atoms with Crippen molar-refractivity contribution in [3.05, 3.63) is 0 Å². The number of aliphatic hydroxyl groups excluding tert-OH is 12. The summed E-state index contributed by atoms with van der Waals surface area (Å²) in [5.74, 6) is -5.71. The highest BCUT2D eigenvalue weighted by atomic mass is 16.7. The number of ether oxygens (including phenoxy) is 9. The standard InChI is InChI=1S/C83H148N6O29/c1-50(2)114-49-58-41-51(3)44-89(58)69(99)32-9-8-17-35-86-79(109)57(43-61(95)60(88-68(98)31-16-24-40-113-83-55(7)73(103)77(107)65(48-93)118-83)28-12-20-34-85-67(97)30-15-23-39-112-82-54(6)72(102)76(106)64(47-92)117-82)26-11-19-36-87-78(108)56(42-59(94)27-13-21-37-110-80-52(4)70(100)74(104)62(45-90)115-80)25-10-18-33-84-66(96)29-14-22-38-111-81-53(5)71(101)75(105)63(46-91)116-81/h50-58,60,62-65,70-77,80-83,90-93,100-107H,8-49H2,1-7H3,(H,84,96)(H,85,97)(H,86,109)(H,87,108)(H,88,98)/t51-,52?,53?,54?,55?,56?,57?,58+,60?,62?,63?,64?,65?,70-,71-,72-,73-,74+,75+,76+,77+,80-,81-,82-,83-/m1/s1. The van der Waals surface area contributed by atoms with Crippen LogP contribution in [0.3, 0.4) is 0 Å². The molecule has 5 saturated heterocycles. The van der Waals surface area contributed by atoms with Gasteiger partial charge in [0.1, 0.15) is 54.6 Å². The second-order valence-corrected chi connectivity index (χ2v) is 33.5. The highest BCUT2D eigenvalue weighted by Crippen LogP contribution is 2.32. The lowest BCUT2D eigenvalue weighted by Crippen LogP contribution is -2.55. The topological polar surface area (TPSA) is 526 Å². The first-order valence-electron chi connectivity index (χ1n) is 43.7. The minimum atomic E-state index is -1.30. The first-order valence-corrected chi connectivity index (χ1v) is 43.7. The van der Waals surface area contributed by atoms with Gasteiger partial charge in [-0.2, -0.15) is 0 Å². The van der Waals surface area contributed by atoms with Crippen LogP contribution in [0.25, 0.3) is 0 Å². The molecule has 5 fully saturated rings. The third-order valence-corrected chi connectivity index (χ3v) is 23.3. The number of hydrogen-bond acceptors (Lipinski definition) is 29. The van der Waals surface area contributed by atoms with Crippen LogP contribution < -0.4 is 26.6 Å². The van der Waals surface area contributed by atoms with E-state index in [9.17, 15) is 99.6 Å². The van der Waals surface area contributed by atoms with E-state index in [2.05, 4.69) is 33.5 Å². The molecule has 11 unspecified atom stereocenters.